The van der Waals surface area contributed by atoms with Crippen LogP contribution in [0.4, 0.5) is 0 Å². The molecule has 0 radical (unpaired) electrons. The second kappa shape index (κ2) is 5.33. The van der Waals surface area contributed by atoms with Gasteiger partial charge in [-0.05, 0) is 30.3 Å². The number of hydrogen-bond acceptors (Lipinski definition) is 3. The van der Waals surface area contributed by atoms with Crippen molar-refractivity contribution in [3.63, 3.8) is 0 Å². The molecule has 1 aromatic carbocycles. The molecule has 1 N–H and O–H groups in total. The van der Waals surface area contributed by atoms with Crippen LogP contribution in [0.3, 0.4) is 0 Å². The zero-order chi connectivity index (χ0) is 12.3. The molecule has 0 bridgehead atoms. The van der Waals surface area contributed by atoms with Gasteiger partial charge in [0.1, 0.15) is 0 Å². The number of hydrogen-bond donors (Lipinski definition) is 1. The van der Waals surface area contributed by atoms with Crippen molar-refractivity contribution in [1.82, 2.24) is 4.98 Å². The molecule has 0 aliphatic carbocycles. The quantitative estimate of drug-likeness (QED) is 0.939. The Morgan fingerprint density at radius 3 is 2.59 bits per heavy atom. The molecule has 1 aromatic heterocycles. The number of rotatable bonds is 3. The van der Waals surface area contributed by atoms with Crippen molar-refractivity contribution in [3.8, 4) is 0 Å². The highest BCUT2D eigenvalue weighted by molar-refractivity contribution is 9.10. The summed E-state index contributed by atoms with van der Waals surface area (Å²) in [6.45, 7) is 0. The highest BCUT2D eigenvalue weighted by Crippen LogP contribution is 2.32. The molecular weight excluding hydrogens is 302 g/mol. The number of aromatic carboxylic acids is 1. The number of carboxylic acids is 1. The Labute approximate surface area is 111 Å². The zero-order valence-electron chi connectivity index (χ0n) is 8.63. The van der Waals surface area contributed by atoms with Gasteiger partial charge in [-0.1, -0.05) is 27.7 Å². The Kier molecular flexibility index (Phi) is 3.81. The van der Waals surface area contributed by atoms with E-state index in [9.17, 15) is 4.79 Å². The summed E-state index contributed by atoms with van der Waals surface area (Å²) in [6.07, 6.45) is 3.36. The Balaban J connectivity index is 2.37. The third-order valence-electron chi connectivity index (χ3n) is 2.05. The molecule has 0 aliphatic heterocycles. The molecule has 86 valence electrons. The summed E-state index contributed by atoms with van der Waals surface area (Å²) in [5, 5.41) is 9.09. The number of pyridine rings is 1. The lowest BCUT2D eigenvalue weighted by Gasteiger charge is -2.06. The standard InChI is InChI=1S/C12H8BrNO2S/c13-8-1-2-10(12(15)16)11(7-8)17-9-3-5-14-6-4-9/h1-7H,(H,15,16). The smallest absolute Gasteiger partial charge is 0.336 e. The molecule has 17 heavy (non-hydrogen) atoms. The first-order valence-electron chi connectivity index (χ1n) is 4.77. The van der Waals surface area contributed by atoms with Crippen LogP contribution in [0.25, 0.3) is 0 Å². The van der Waals surface area contributed by atoms with Crippen LogP contribution in [0.15, 0.2) is 57.0 Å². The first-order valence-corrected chi connectivity index (χ1v) is 6.38. The summed E-state index contributed by atoms with van der Waals surface area (Å²) in [5.41, 5.74) is 0.301. The molecule has 0 saturated carbocycles. The minimum Gasteiger partial charge on any atom is -0.478 e. The summed E-state index contributed by atoms with van der Waals surface area (Å²) in [7, 11) is 0. The Morgan fingerprint density at radius 1 is 1.24 bits per heavy atom. The predicted molar refractivity (Wildman–Crippen MR) is 69.5 cm³/mol. The van der Waals surface area contributed by atoms with E-state index in [4.69, 9.17) is 5.11 Å². The van der Waals surface area contributed by atoms with Gasteiger partial charge in [0.05, 0.1) is 5.56 Å². The van der Waals surface area contributed by atoms with Crippen LogP contribution in [0.5, 0.6) is 0 Å². The fraction of sp³-hybridized carbons (Fsp3) is 0. The molecule has 0 fully saturated rings. The van der Waals surface area contributed by atoms with Gasteiger partial charge in [0.25, 0.3) is 0 Å². The van der Waals surface area contributed by atoms with E-state index in [1.54, 1.807) is 30.6 Å². The minimum absolute atomic E-state index is 0.301. The number of halogens is 1. The number of nitrogens with zero attached hydrogens (tertiary/aromatic N) is 1. The van der Waals surface area contributed by atoms with E-state index in [1.807, 2.05) is 12.1 Å². The second-order valence-electron chi connectivity index (χ2n) is 3.23. The lowest BCUT2D eigenvalue weighted by atomic mass is 10.2. The molecule has 1 heterocycles. The largest absolute Gasteiger partial charge is 0.478 e. The Bertz CT molecular complexity index is 545. The highest BCUT2D eigenvalue weighted by Gasteiger charge is 2.11. The van der Waals surface area contributed by atoms with Gasteiger partial charge < -0.3 is 5.11 Å². The Morgan fingerprint density at radius 2 is 1.94 bits per heavy atom. The molecule has 0 aliphatic rings. The Hall–Kier alpha value is -1.33. The van der Waals surface area contributed by atoms with Crippen LogP contribution in [-0.4, -0.2) is 16.1 Å². The summed E-state index contributed by atoms with van der Waals surface area (Å²) in [4.78, 5) is 16.7. The summed E-state index contributed by atoms with van der Waals surface area (Å²) in [5.74, 6) is -0.922. The predicted octanol–water partition coefficient (Wildman–Crippen LogP) is 3.69. The zero-order valence-corrected chi connectivity index (χ0v) is 11.0. The first kappa shape index (κ1) is 12.1. The van der Waals surface area contributed by atoms with E-state index in [0.29, 0.717) is 10.5 Å². The molecule has 2 rings (SSSR count). The lowest BCUT2D eigenvalue weighted by Crippen LogP contribution is -1.98. The van der Waals surface area contributed by atoms with Crippen LogP contribution in [0.2, 0.25) is 0 Å². The average molecular weight is 310 g/mol. The number of benzene rings is 1. The molecule has 0 unspecified atom stereocenters. The molecule has 0 spiro atoms. The molecule has 0 atom stereocenters. The van der Waals surface area contributed by atoms with Gasteiger partial charge in [0.2, 0.25) is 0 Å². The lowest BCUT2D eigenvalue weighted by molar-refractivity contribution is 0.0693. The van der Waals surface area contributed by atoms with Crippen LogP contribution in [0, 0.1) is 0 Å². The SMILES string of the molecule is O=C(O)c1ccc(Br)cc1Sc1ccncc1. The monoisotopic (exact) mass is 309 g/mol. The van der Waals surface area contributed by atoms with Crippen molar-refractivity contribution in [3.05, 3.63) is 52.8 Å². The van der Waals surface area contributed by atoms with E-state index in [1.165, 1.54) is 11.8 Å². The van der Waals surface area contributed by atoms with Crippen molar-refractivity contribution in [2.75, 3.05) is 0 Å². The van der Waals surface area contributed by atoms with Crippen molar-refractivity contribution in [1.29, 1.82) is 0 Å². The van der Waals surface area contributed by atoms with E-state index < -0.39 is 5.97 Å². The van der Waals surface area contributed by atoms with Gasteiger partial charge >= 0.3 is 5.97 Å². The fourth-order valence-electron chi connectivity index (χ4n) is 1.29. The molecule has 0 saturated heterocycles. The van der Waals surface area contributed by atoms with E-state index in [0.717, 1.165) is 9.37 Å². The van der Waals surface area contributed by atoms with Gasteiger partial charge in [-0.2, -0.15) is 0 Å². The highest BCUT2D eigenvalue weighted by atomic mass is 79.9. The second-order valence-corrected chi connectivity index (χ2v) is 5.26. The van der Waals surface area contributed by atoms with E-state index in [2.05, 4.69) is 20.9 Å². The van der Waals surface area contributed by atoms with Crippen molar-refractivity contribution in [2.24, 2.45) is 0 Å². The minimum atomic E-state index is -0.922. The van der Waals surface area contributed by atoms with Crippen molar-refractivity contribution < 1.29 is 9.90 Å². The average Bonchev–Trinajstić information content (AvgIpc) is 2.30. The van der Waals surface area contributed by atoms with Crippen LogP contribution in [0.1, 0.15) is 10.4 Å². The maximum Gasteiger partial charge on any atom is 0.336 e. The van der Waals surface area contributed by atoms with Crippen molar-refractivity contribution >= 4 is 33.7 Å². The normalized spacial score (nSPS) is 10.2. The molecular formula is C12H8BrNO2S. The molecule has 5 heteroatoms. The van der Waals surface area contributed by atoms with Gasteiger partial charge in [0, 0.05) is 26.7 Å². The summed E-state index contributed by atoms with van der Waals surface area (Å²) in [6, 6.07) is 8.80. The van der Waals surface area contributed by atoms with Crippen LogP contribution in [-0.2, 0) is 0 Å². The maximum absolute atomic E-state index is 11.1. The molecule has 3 nitrogen and oxygen atoms in total. The van der Waals surface area contributed by atoms with Gasteiger partial charge in [0.15, 0.2) is 0 Å². The third-order valence-corrected chi connectivity index (χ3v) is 3.61. The topological polar surface area (TPSA) is 50.2 Å². The fourth-order valence-corrected chi connectivity index (χ4v) is 2.77. The third kappa shape index (κ3) is 3.08. The summed E-state index contributed by atoms with van der Waals surface area (Å²) >= 11 is 4.75. The number of carbonyl (C=O) groups is 1. The van der Waals surface area contributed by atoms with Gasteiger partial charge in [-0.25, -0.2) is 4.79 Å². The van der Waals surface area contributed by atoms with Crippen LogP contribution >= 0.6 is 27.7 Å². The van der Waals surface area contributed by atoms with Gasteiger partial charge in [-0.15, -0.1) is 0 Å². The van der Waals surface area contributed by atoms with E-state index in [-0.39, 0.29) is 0 Å². The van der Waals surface area contributed by atoms with Gasteiger partial charge in [-0.3, -0.25) is 4.98 Å². The number of carboxylic acid groups (broad SMARTS) is 1. The molecule has 2 aromatic rings. The number of aromatic nitrogens is 1. The first-order chi connectivity index (χ1) is 8.16. The van der Waals surface area contributed by atoms with Crippen molar-refractivity contribution in [2.45, 2.75) is 9.79 Å². The maximum atomic E-state index is 11.1. The summed E-state index contributed by atoms with van der Waals surface area (Å²) < 4.78 is 0.860. The van der Waals surface area contributed by atoms with E-state index >= 15 is 0 Å². The molecule has 0 amide bonds. The van der Waals surface area contributed by atoms with Crippen LogP contribution < -0.4 is 0 Å².